The number of aliphatic hydroxyl groups is 1. The van der Waals surface area contributed by atoms with Gasteiger partial charge in [0.2, 0.25) is 47.3 Å². The molecule has 5 aliphatic carbocycles. The van der Waals surface area contributed by atoms with Gasteiger partial charge in [-0.05, 0) is 69.6 Å². The van der Waals surface area contributed by atoms with E-state index in [2.05, 4.69) is 27.8 Å². The van der Waals surface area contributed by atoms with Crippen molar-refractivity contribution in [2.45, 2.75) is 75.4 Å². The van der Waals surface area contributed by atoms with Crippen LogP contribution < -0.4 is 44.2 Å². The van der Waals surface area contributed by atoms with Gasteiger partial charge in [0.05, 0.1) is 65.8 Å². The van der Waals surface area contributed by atoms with Gasteiger partial charge >= 0.3 is 0 Å². The van der Waals surface area contributed by atoms with Crippen LogP contribution in [0.4, 0.5) is 0 Å². The van der Waals surface area contributed by atoms with Crippen molar-refractivity contribution in [3.05, 3.63) is 12.2 Å². The molecule has 5 saturated carbocycles. The molecule has 2 spiro atoms. The fraction of sp³-hybridized carbons (Fsp3) is 0.737. The van der Waals surface area contributed by atoms with Gasteiger partial charge in [-0.1, -0.05) is 12.2 Å². The molecular formula is C38H62N8O11. The molecule has 1 aliphatic heterocycles. The lowest BCUT2D eigenvalue weighted by atomic mass is 9.95. The normalized spacial score (nSPS) is 34.2. The van der Waals surface area contributed by atoms with E-state index in [1.807, 2.05) is 17.2 Å². The Morgan fingerprint density at radius 2 is 1.00 bits per heavy atom. The fourth-order valence-corrected chi connectivity index (χ4v) is 8.86. The monoisotopic (exact) mass is 810 g/mol. The van der Waals surface area contributed by atoms with Crippen LogP contribution in [0.1, 0.15) is 64.2 Å². The highest BCUT2D eigenvalue weighted by atomic mass is 16.6. The number of nitrogens with one attached hydrogen (secondary N) is 4. The maximum Gasteiger partial charge on any atom is 0.223 e. The molecule has 0 aromatic heterocycles. The number of epoxide rings is 1. The second kappa shape index (κ2) is 19.2. The van der Waals surface area contributed by atoms with Crippen molar-refractivity contribution in [1.82, 2.24) is 21.3 Å². The molecule has 10 atom stereocenters. The Morgan fingerprint density at radius 3 is 1.42 bits per heavy atom. The molecule has 0 aromatic rings. The molecule has 57 heavy (non-hydrogen) atoms. The summed E-state index contributed by atoms with van der Waals surface area (Å²) in [4.78, 5) is 92.0. The number of carbonyl (C=O) groups excluding carboxylic acids is 8. The van der Waals surface area contributed by atoms with Crippen molar-refractivity contribution in [2.75, 3.05) is 48.5 Å². The summed E-state index contributed by atoms with van der Waals surface area (Å²) in [6.45, 7) is 4.14. The number of ether oxygens (including phenoxy) is 2. The zero-order chi connectivity index (χ0) is 45.9. The van der Waals surface area contributed by atoms with Gasteiger partial charge in [0, 0.05) is 41.2 Å². The molecule has 19 heteroatoms. The number of methoxy groups -OCH3 is 1. The number of allylic oxidation sites excluding steroid dienone is 1. The van der Waals surface area contributed by atoms with E-state index in [9.17, 15) is 43.5 Å². The van der Waals surface area contributed by atoms with E-state index < -0.39 is 47.0 Å². The van der Waals surface area contributed by atoms with Crippen LogP contribution in [-0.4, -0.2) is 112 Å². The Bertz CT molecular complexity index is 1500. The maximum absolute atomic E-state index is 11.7. The summed E-state index contributed by atoms with van der Waals surface area (Å²) in [5, 5.41) is 19.5. The lowest BCUT2D eigenvalue weighted by Gasteiger charge is -2.24. The number of rotatable bonds is 10. The van der Waals surface area contributed by atoms with Gasteiger partial charge in [0.15, 0.2) is 5.65 Å². The molecule has 0 aromatic carbocycles. The van der Waals surface area contributed by atoms with E-state index in [0.29, 0.717) is 32.3 Å². The van der Waals surface area contributed by atoms with E-state index in [4.69, 9.17) is 15.1 Å². The van der Waals surface area contributed by atoms with Crippen LogP contribution in [0.3, 0.4) is 0 Å². The molecule has 6 fully saturated rings. The van der Waals surface area contributed by atoms with Crippen molar-refractivity contribution >= 4 is 47.3 Å². The van der Waals surface area contributed by atoms with Gasteiger partial charge < -0.3 is 58.8 Å². The molecule has 1 heterocycles. The van der Waals surface area contributed by atoms with E-state index in [1.54, 1.807) is 26.9 Å². The lowest BCUT2D eigenvalue weighted by molar-refractivity contribution is -0.131. The number of hydrogen-bond donors (Lipinski definition) is 9. The molecule has 13 N–H and O–H groups in total. The number of carbonyl (C=O) groups is 8. The highest BCUT2D eigenvalue weighted by molar-refractivity contribution is 5.90. The SMILES string of the molecule is [2H]NC(=O)[C@H]1CC(=C)C[C@@H]1C(=O)NC.[2H]NC(=O)[C@H]1CC(CO)(OC)C[C@@H]1C(=O)NC.[2H]NC(=O)[C@H]1CC2(CC2)C[C@@H]1C(=O)NC.[2H]NC(=O)[C@H]1CC2(CO2)C[C@@H]1C(=O)NC. The zero-order valence-corrected chi connectivity index (χ0v) is 33.3. The lowest BCUT2D eigenvalue weighted by Crippen LogP contribution is -2.35. The number of primary amides is 4. The molecule has 320 valence electrons. The summed E-state index contributed by atoms with van der Waals surface area (Å²) < 4.78 is 37.9. The van der Waals surface area contributed by atoms with Crippen LogP contribution in [0.2, 0.25) is 5.65 Å². The average molecular weight is 811 g/mol. The standard InChI is InChI=1S/C10H18N2O4.C10H16N2O2.C9H14N2O3.C9H14N2O2/c1-12-9(15)7-4-10(5-13,16-2)3-6(7)8(11)14;1-12-9(14)7-5-10(2-3-10)4-6(7)8(11)13;1-11-8(13)6-3-9(4-14-9)2-5(6)7(10)12;1-5-3-6(8(10)12)7(4-5)9(13)11-2/h6-7,13H,3-5H2,1-2H3,(H2,11,14)(H,12,15);6-7H,2-5H2,1H3,(H2,11,13)(H,12,14);5-6H,2-4H2,1H3,(H2,10,12)(H,11,13);6-7H,1,3-4H2,2H3,(H2,10,12)(H,11,13)/t6-,7-,10?;6-,7-;5-,6-,9?;6-,7-/m0000/s1/i/hD4. The number of aliphatic hydroxyl groups excluding tert-OH is 1. The fourth-order valence-electron chi connectivity index (χ4n) is 8.86. The van der Waals surface area contributed by atoms with E-state index in [0.717, 1.165) is 31.3 Å². The first-order valence-corrected chi connectivity index (χ1v) is 19.1. The largest absolute Gasteiger partial charge is 0.393 e. The van der Waals surface area contributed by atoms with Gasteiger partial charge in [-0.15, -0.1) is 0 Å². The molecule has 1 saturated heterocycles. The highest BCUT2D eigenvalue weighted by Crippen LogP contribution is 2.61. The van der Waals surface area contributed by atoms with E-state index in [1.165, 1.54) is 14.2 Å². The summed E-state index contributed by atoms with van der Waals surface area (Å²) in [6.07, 6.45) is 6.53. The first-order valence-electron chi connectivity index (χ1n) is 21.1. The van der Waals surface area contributed by atoms with E-state index >= 15 is 0 Å². The quantitative estimate of drug-likeness (QED) is 0.0818. The van der Waals surface area contributed by atoms with Crippen LogP contribution in [0.25, 0.3) is 0 Å². The molecule has 6 aliphatic rings. The van der Waals surface area contributed by atoms with Crippen molar-refractivity contribution in [3.63, 3.8) is 0 Å². The number of amides is 8. The van der Waals surface area contributed by atoms with Crippen molar-refractivity contribution < 1.29 is 58.6 Å². The molecule has 19 nitrogen and oxygen atoms in total. The minimum absolute atomic E-state index is 0.0626. The van der Waals surface area contributed by atoms with E-state index in [-0.39, 0.29) is 83.7 Å². The number of hydrogen-bond acceptors (Lipinski definition) is 11. The Balaban J connectivity index is 0.000000217. The average Bonchev–Trinajstić information content (AvgIpc) is 3.97. The smallest absolute Gasteiger partial charge is 0.223 e. The Morgan fingerprint density at radius 1 is 0.649 bits per heavy atom. The summed E-state index contributed by atoms with van der Waals surface area (Å²) in [6, 6.07) is 0. The molecule has 8 amide bonds. The minimum Gasteiger partial charge on any atom is -0.393 e. The molecular weight excluding hydrogens is 744 g/mol. The summed E-state index contributed by atoms with van der Waals surface area (Å²) in [5.74, 6) is -5.59. The topological polar surface area (TPSA) is 331 Å². The summed E-state index contributed by atoms with van der Waals surface area (Å²) in [7, 11) is 7.62. The van der Waals surface area contributed by atoms with Crippen molar-refractivity contribution in [2.24, 2.45) is 75.7 Å². The van der Waals surface area contributed by atoms with Gasteiger partial charge in [-0.2, -0.15) is 0 Å². The predicted octanol–water partition coefficient (Wildman–Crippen LogP) is -2.54. The van der Waals surface area contributed by atoms with Crippen LogP contribution in [0.5, 0.6) is 0 Å². The molecule has 0 bridgehead atoms. The molecule has 6 rings (SSSR count). The second-order valence-corrected chi connectivity index (χ2v) is 16.2. The van der Waals surface area contributed by atoms with Gasteiger partial charge in [0.1, 0.15) is 0 Å². The predicted molar refractivity (Wildman–Crippen MR) is 204 cm³/mol. The van der Waals surface area contributed by atoms with Gasteiger partial charge in [-0.3, -0.25) is 38.4 Å². The van der Waals surface area contributed by atoms with Crippen molar-refractivity contribution in [3.8, 4) is 0 Å². The Hall–Kier alpha value is -4.62. The third kappa shape index (κ3) is 11.3. The van der Waals surface area contributed by atoms with Crippen LogP contribution in [-0.2, 0) is 47.8 Å². The van der Waals surface area contributed by atoms with Crippen LogP contribution >= 0.6 is 0 Å². The molecule has 0 radical (unpaired) electrons. The Kier molecular flexibility index (Phi) is 13.7. The maximum atomic E-state index is 11.7. The second-order valence-electron chi connectivity index (χ2n) is 16.2. The first kappa shape index (κ1) is 40.6. The molecule has 2 unspecified atom stereocenters. The zero-order valence-electron chi connectivity index (χ0n) is 37.3. The third-order valence-corrected chi connectivity index (χ3v) is 12.5. The summed E-state index contributed by atoms with van der Waals surface area (Å²) in [5.41, 5.74) is 7.41. The number of nitrogens with two attached hydrogens (primary N) is 4. The van der Waals surface area contributed by atoms with Crippen LogP contribution in [0.15, 0.2) is 12.2 Å². The van der Waals surface area contributed by atoms with Crippen LogP contribution in [0, 0.1) is 52.8 Å². The third-order valence-electron chi connectivity index (χ3n) is 12.5. The minimum atomic E-state index is -0.867. The van der Waals surface area contributed by atoms with Gasteiger partial charge in [-0.25, -0.2) is 0 Å². The van der Waals surface area contributed by atoms with Gasteiger partial charge in [0.25, 0.3) is 0 Å². The first-order chi connectivity index (χ1) is 28.9. The van der Waals surface area contributed by atoms with Crippen molar-refractivity contribution in [1.29, 1.82) is 0 Å². The summed E-state index contributed by atoms with van der Waals surface area (Å²) >= 11 is 0. The highest BCUT2D eigenvalue weighted by Gasteiger charge is 2.58. The Labute approximate surface area is 338 Å².